The number of nitrogens with two attached hydrogens (primary N) is 2. The van der Waals surface area contributed by atoms with E-state index in [0.29, 0.717) is 13.0 Å². The third-order valence-electron chi connectivity index (χ3n) is 1.59. The maximum Gasteiger partial charge on any atom is 0.320 e. The molecule has 90 valence electrons. The van der Waals surface area contributed by atoms with Gasteiger partial charge in [0.05, 0.1) is 0 Å². The number of hydrogen-bond acceptors (Lipinski definition) is 4. The van der Waals surface area contributed by atoms with Crippen LogP contribution in [0.25, 0.3) is 0 Å². The summed E-state index contributed by atoms with van der Waals surface area (Å²) in [6.45, 7) is 2.20. The van der Waals surface area contributed by atoms with Crippen LogP contribution in [0.2, 0.25) is 0 Å². The summed E-state index contributed by atoms with van der Waals surface area (Å²) in [7, 11) is 0. The van der Waals surface area contributed by atoms with Crippen molar-refractivity contribution in [2.75, 3.05) is 6.54 Å². The Balaban J connectivity index is 0. The van der Waals surface area contributed by atoms with Gasteiger partial charge in [-0.2, -0.15) is 0 Å². The summed E-state index contributed by atoms with van der Waals surface area (Å²) in [6, 6.07) is -0.716. The Kier molecular flexibility index (Phi) is 11.9. The summed E-state index contributed by atoms with van der Waals surface area (Å²) in [5.41, 5.74) is 10.4. The Hall–Kier alpha value is -1.14. The van der Waals surface area contributed by atoms with E-state index in [0.717, 1.165) is 12.8 Å². The molecule has 0 radical (unpaired) electrons. The highest BCUT2D eigenvalue weighted by molar-refractivity contribution is 5.72. The number of carboxylic acids is 2. The van der Waals surface area contributed by atoms with Crippen molar-refractivity contribution in [3.05, 3.63) is 0 Å². The van der Waals surface area contributed by atoms with Gasteiger partial charge in [0.2, 0.25) is 0 Å². The van der Waals surface area contributed by atoms with Crippen molar-refractivity contribution in [2.45, 2.75) is 38.6 Å². The molecule has 1 atom stereocenters. The van der Waals surface area contributed by atoms with E-state index in [4.69, 9.17) is 21.7 Å². The molecule has 0 aromatic rings. The van der Waals surface area contributed by atoms with Gasteiger partial charge >= 0.3 is 11.9 Å². The maximum absolute atomic E-state index is 10.1. The second-order valence-electron chi connectivity index (χ2n) is 2.98. The van der Waals surface area contributed by atoms with Gasteiger partial charge in [0.1, 0.15) is 6.04 Å². The SMILES string of the molecule is CCC(=O)O.NCCCC[C@H](N)C(=O)O. The normalized spacial score (nSPS) is 11.1. The molecular formula is C9H20N2O4. The smallest absolute Gasteiger partial charge is 0.320 e. The molecule has 0 rings (SSSR count). The van der Waals surface area contributed by atoms with Gasteiger partial charge in [-0.05, 0) is 19.4 Å². The van der Waals surface area contributed by atoms with E-state index < -0.39 is 18.0 Å². The lowest BCUT2D eigenvalue weighted by Gasteiger charge is -2.03. The number of carbonyl (C=O) groups is 2. The van der Waals surface area contributed by atoms with Gasteiger partial charge in [-0.25, -0.2) is 0 Å². The first kappa shape index (κ1) is 16.3. The van der Waals surface area contributed by atoms with Crippen LogP contribution in [0.3, 0.4) is 0 Å². The first-order chi connectivity index (χ1) is 6.95. The molecule has 0 aliphatic rings. The van der Waals surface area contributed by atoms with Gasteiger partial charge in [0.25, 0.3) is 0 Å². The van der Waals surface area contributed by atoms with Gasteiger partial charge < -0.3 is 21.7 Å². The zero-order valence-corrected chi connectivity index (χ0v) is 8.98. The van der Waals surface area contributed by atoms with Crippen molar-refractivity contribution in [3.63, 3.8) is 0 Å². The number of rotatable bonds is 6. The van der Waals surface area contributed by atoms with Crippen molar-refractivity contribution in [3.8, 4) is 0 Å². The van der Waals surface area contributed by atoms with Crippen molar-refractivity contribution >= 4 is 11.9 Å². The van der Waals surface area contributed by atoms with Crippen LogP contribution in [-0.4, -0.2) is 34.7 Å². The summed E-state index contributed by atoms with van der Waals surface area (Å²) in [5, 5.41) is 16.0. The number of hydrogen-bond donors (Lipinski definition) is 4. The quantitative estimate of drug-likeness (QED) is 0.467. The van der Waals surface area contributed by atoms with Crippen LogP contribution in [-0.2, 0) is 9.59 Å². The Labute approximate surface area is 89.3 Å². The lowest BCUT2D eigenvalue weighted by molar-refractivity contribution is -0.139. The molecule has 0 amide bonds. The second kappa shape index (κ2) is 10.9. The van der Waals surface area contributed by atoms with Crippen LogP contribution in [0.15, 0.2) is 0 Å². The molecule has 0 saturated carbocycles. The van der Waals surface area contributed by atoms with Crippen LogP contribution < -0.4 is 11.5 Å². The molecule has 0 unspecified atom stereocenters. The predicted octanol–water partition coefficient (Wildman–Crippen LogP) is 0.00830. The highest BCUT2D eigenvalue weighted by atomic mass is 16.4. The molecule has 6 nitrogen and oxygen atoms in total. The zero-order chi connectivity index (χ0) is 12.3. The van der Waals surface area contributed by atoms with E-state index in [2.05, 4.69) is 0 Å². The molecule has 15 heavy (non-hydrogen) atoms. The van der Waals surface area contributed by atoms with E-state index in [1.165, 1.54) is 0 Å². The third kappa shape index (κ3) is 15.6. The molecule has 0 aromatic heterocycles. The van der Waals surface area contributed by atoms with Crippen LogP contribution in [0.1, 0.15) is 32.6 Å². The Morgan fingerprint density at radius 3 is 2.00 bits per heavy atom. The van der Waals surface area contributed by atoms with E-state index in [1.807, 2.05) is 0 Å². The summed E-state index contributed by atoms with van der Waals surface area (Å²) in [6.07, 6.45) is 2.39. The lowest BCUT2D eigenvalue weighted by Crippen LogP contribution is -2.29. The average Bonchev–Trinajstić information content (AvgIpc) is 2.18. The minimum atomic E-state index is -0.933. The molecule has 0 saturated heterocycles. The monoisotopic (exact) mass is 220 g/mol. The Morgan fingerprint density at radius 2 is 1.73 bits per heavy atom. The topological polar surface area (TPSA) is 127 Å². The minimum Gasteiger partial charge on any atom is -0.481 e. The molecule has 0 aliphatic heterocycles. The van der Waals surface area contributed by atoms with Crippen LogP contribution >= 0.6 is 0 Å². The van der Waals surface area contributed by atoms with Crippen molar-refractivity contribution in [1.82, 2.24) is 0 Å². The fraction of sp³-hybridized carbons (Fsp3) is 0.778. The molecule has 0 heterocycles. The molecule has 6 heteroatoms. The van der Waals surface area contributed by atoms with Crippen LogP contribution in [0, 0.1) is 0 Å². The highest BCUT2D eigenvalue weighted by Crippen LogP contribution is 1.96. The van der Waals surface area contributed by atoms with E-state index in [1.54, 1.807) is 6.92 Å². The second-order valence-corrected chi connectivity index (χ2v) is 2.98. The third-order valence-corrected chi connectivity index (χ3v) is 1.59. The fourth-order valence-electron chi connectivity index (χ4n) is 0.632. The van der Waals surface area contributed by atoms with Gasteiger partial charge in [-0.3, -0.25) is 9.59 Å². The number of carboxylic acid groups (broad SMARTS) is 2. The van der Waals surface area contributed by atoms with Crippen LogP contribution in [0.5, 0.6) is 0 Å². The lowest BCUT2D eigenvalue weighted by atomic mass is 10.1. The fourth-order valence-corrected chi connectivity index (χ4v) is 0.632. The highest BCUT2D eigenvalue weighted by Gasteiger charge is 2.09. The van der Waals surface area contributed by atoms with Gasteiger partial charge in [-0.1, -0.05) is 13.3 Å². The largest absolute Gasteiger partial charge is 0.481 e. The molecule has 0 bridgehead atoms. The van der Waals surface area contributed by atoms with Gasteiger partial charge in [0.15, 0.2) is 0 Å². The molecule has 0 aromatic carbocycles. The van der Waals surface area contributed by atoms with Gasteiger partial charge in [-0.15, -0.1) is 0 Å². The van der Waals surface area contributed by atoms with E-state index in [-0.39, 0.29) is 6.42 Å². The first-order valence-corrected chi connectivity index (χ1v) is 4.85. The zero-order valence-electron chi connectivity index (χ0n) is 8.98. The van der Waals surface area contributed by atoms with Crippen LogP contribution in [0.4, 0.5) is 0 Å². The van der Waals surface area contributed by atoms with Gasteiger partial charge in [0, 0.05) is 6.42 Å². The summed E-state index contributed by atoms with van der Waals surface area (Å²) in [5.74, 6) is -1.68. The predicted molar refractivity (Wildman–Crippen MR) is 56.4 cm³/mol. The van der Waals surface area contributed by atoms with E-state index >= 15 is 0 Å². The molecule has 0 aliphatic carbocycles. The summed E-state index contributed by atoms with van der Waals surface area (Å²) in [4.78, 5) is 19.5. The van der Waals surface area contributed by atoms with E-state index in [9.17, 15) is 9.59 Å². The maximum atomic E-state index is 10.1. The standard InChI is InChI=1S/C6H14N2O2.C3H6O2/c7-4-2-1-3-5(8)6(9)10;1-2-3(4)5/h5H,1-4,7-8H2,(H,9,10);2H2,1H3,(H,4,5)/t5-;/m0./s1. The first-order valence-electron chi connectivity index (χ1n) is 4.85. The minimum absolute atomic E-state index is 0.222. The Morgan fingerprint density at radius 1 is 1.27 bits per heavy atom. The molecule has 0 fully saturated rings. The summed E-state index contributed by atoms with van der Waals surface area (Å²) < 4.78 is 0. The number of unbranched alkanes of at least 4 members (excludes halogenated alkanes) is 1. The average molecular weight is 220 g/mol. The number of aliphatic carboxylic acids is 2. The van der Waals surface area contributed by atoms with Crippen molar-refractivity contribution in [2.24, 2.45) is 11.5 Å². The van der Waals surface area contributed by atoms with Crippen molar-refractivity contribution < 1.29 is 19.8 Å². The molecule has 6 N–H and O–H groups in total. The molecular weight excluding hydrogens is 200 g/mol. The Bertz CT molecular complexity index is 185. The van der Waals surface area contributed by atoms with Crippen molar-refractivity contribution in [1.29, 1.82) is 0 Å². The molecule has 0 spiro atoms. The summed E-state index contributed by atoms with van der Waals surface area (Å²) >= 11 is 0.